The largest absolute Gasteiger partial charge is 0.435 e. The molecule has 1 aromatic carbocycles. The molecule has 4 nitrogen and oxygen atoms in total. The number of alkyl halides is 2. The third-order valence-electron chi connectivity index (χ3n) is 2.64. The van der Waals surface area contributed by atoms with E-state index in [1.807, 2.05) is 19.0 Å². The monoisotopic (exact) mass is 274 g/mol. The third-order valence-corrected chi connectivity index (χ3v) is 2.64. The van der Waals surface area contributed by atoms with E-state index in [4.69, 9.17) is 0 Å². The molecule has 1 rings (SSSR count). The number of aliphatic hydroxyl groups is 1. The van der Waals surface area contributed by atoms with Gasteiger partial charge >= 0.3 is 6.61 Å². The maximum absolute atomic E-state index is 12.0. The van der Waals surface area contributed by atoms with Crippen molar-refractivity contribution in [2.75, 3.05) is 33.8 Å². The van der Waals surface area contributed by atoms with Gasteiger partial charge in [0, 0.05) is 13.1 Å². The van der Waals surface area contributed by atoms with Gasteiger partial charge < -0.3 is 20.1 Å². The van der Waals surface area contributed by atoms with Crippen LogP contribution in [-0.4, -0.2) is 50.4 Å². The Morgan fingerprint density at radius 1 is 1.26 bits per heavy atom. The molecule has 0 saturated heterocycles. The molecule has 0 heterocycles. The quantitative estimate of drug-likeness (QED) is 0.753. The highest BCUT2D eigenvalue weighted by atomic mass is 19.3. The molecule has 0 amide bonds. The fourth-order valence-electron chi connectivity index (χ4n) is 1.63. The Morgan fingerprint density at radius 2 is 1.89 bits per heavy atom. The molecule has 0 saturated carbocycles. The summed E-state index contributed by atoms with van der Waals surface area (Å²) in [4.78, 5) is 2.03. The second-order valence-corrected chi connectivity index (χ2v) is 4.44. The molecule has 0 radical (unpaired) electrons. The van der Waals surface area contributed by atoms with Gasteiger partial charge in [0.1, 0.15) is 5.75 Å². The summed E-state index contributed by atoms with van der Waals surface area (Å²) in [5.74, 6) is 0.115. The van der Waals surface area contributed by atoms with Crippen molar-refractivity contribution in [3.63, 3.8) is 0 Å². The SMILES string of the molecule is CN(C)CCNC(CO)c1ccc(OC(F)F)cc1. The predicted molar refractivity (Wildman–Crippen MR) is 69.5 cm³/mol. The van der Waals surface area contributed by atoms with Crippen molar-refractivity contribution in [1.82, 2.24) is 10.2 Å². The van der Waals surface area contributed by atoms with E-state index in [0.29, 0.717) is 0 Å². The number of nitrogens with one attached hydrogen (secondary N) is 1. The summed E-state index contributed by atoms with van der Waals surface area (Å²) in [7, 11) is 3.93. The Balaban J connectivity index is 2.55. The Kier molecular flexibility index (Phi) is 6.69. The van der Waals surface area contributed by atoms with Gasteiger partial charge in [-0.2, -0.15) is 8.78 Å². The van der Waals surface area contributed by atoms with Crippen LogP contribution in [0.3, 0.4) is 0 Å². The van der Waals surface area contributed by atoms with Crippen molar-refractivity contribution in [3.8, 4) is 5.75 Å². The predicted octanol–water partition coefficient (Wildman–Crippen LogP) is 1.47. The van der Waals surface area contributed by atoms with Crippen LogP contribution in [0.4, 0.5) is 8.78 Å². The standard InChI is InChI=1S/C13H20F2N2O2/c1-17(2)8-7-16-12(9-18)10-3-5-11(6-4-10)19-13(14)15/h3-6,12-13,16,18H,7-9H2,1-2H3. The molecular formula is C13H20F2N2O2. The van der Waals surface area contributed by atoms with E-state index < -0.39 is 6.61 Å². The minimum atomic E-state index is -2.82. The van der Waals surface area contributed by atoms with E-state index in [1.54, 1.807) is 12.1 Å². The van der Waals surface area contributed by atoms with Gasteiger partial charge in [0.15, 0.2) is 0 Å². The molecule has 0 fully saturated rings. The van der Waals surface area contributed by atoms with Gasteiger partial charge in [-0.15, -0.1) is 0 Å². The highest BCUT2D eigenvalue weighted by Gasteiger charge is 2.10. The first-order valence-electron chi connectivity index (χ1n) is 6.06. The highest BCUT2D eigenvalue weighted by Crippen LogP contribution is 2.19. The molecular weight excluding hydrogens is 254 g/mol. The fourth-order valence-corrected chi connectivity index (χ4v) is 1.63. The molecule has 108 valence electrons. The van der Waals surface area contributed by atoms with Crippen LogP contribution < -0.4 is 10.1 Å². The van der Waals surface area contributed by atoms with Crippen LogP contribution in [0.5, 0.6) is 5.75 Å². The summed E-state index contributed by atoms with van der Waals surface area (Å²) >= 11 is 0. The first kappa shape index (κ1) is 15.8. The topological polar surface area (TPSA) is 44.7 Å². The van der Waals surface area contributed by atoms with Crippen LogP contribution in [0.1, 0.15) is 11.6 Å². The summed E-state index contributed by atoms with van der Waals surface area (Å²) in [6, 6.07) is 6.07. The normalized spacial score (nSPS) is 13.0. The van der Waals surface area contributed by atoms with Crippen LogP contribution in [-0.2, 0) is 0 Å². The zero-order chi connectivity index (χ0) is 14.3. The Morgan fingerprint density at radius 3 is 2.37 bits per heavy atom. The van der Waals surface area contributed by atoms with Crippen molar-refractivity contribution in [3.05, 3.63) is 29.8 Å². The summed E-state index contributed by atoms with van der Waals surface area (Å²) in [5.41, 5.74) is 0.836. The van der Waals surface area contributed by atoms with Gasteiger partial charge in [0.2, 0.25) is 0 Å². The van der Waals surface area contributed by atoms with Crippen molar-refractivity contribution < 1.29 is 18.6 Å². The number of ether oxygens (including phenoxy) is 1. The van der Waals surface area contributed by atoms with Gasteiger partial charge in [-0.05, 0) is 31.8 Å². The molecule has 19 heavy (non-hydrogen) atoms. The Hall–Kier alpha value is -1.24. The van der Waals surface area contributed by atoms with Crippen molar-refractivity contribution in [1.29, 1.82) is 0 Å². The maximum Gasteiger partial charge on any atom is 0.387 e. The smallest absolute Gasteiger partial charge is 0.387 e. The fraction of sp³-hybridized carbons (Fsp3) is 0.538. The lowest BCUT2D eigenvalue weighted by molar-refractivity contribution is -0.0498. The number of nitrogens with zero attached hydrogens (tertiary/aromatic N) is 1. The number of aliphatic hydroxyl groups excluding tert-OH is 1. The van der Waals surface area contributed by atoms with Gasteiger partial charge in [-0.3, -0.25) is 0 Å². The molecule has 2 N–H and O–H groups in total. The summed E-state index contributed by atoms with van der Waals surface area (Å²) in [5, 5.41) is 12.5. The van der Waals surface area contributed by atoms with E-state index in [1.165, 1.54) is 12.1 Å². The zero-order valence-corrected chi connectivity index (χ0v) is 11.1. The van der Waals surface area contributed by atoms with Gasteiger partial charge in [-0.1, -0.05) is 12.1 Å². The highest BCUT2D eigenvalue weighted by molar-refractivity contribution is 5.29. The second kappa shape index (κ2) is 8.04. The van der Waals surface area contributed by atoms with Gasteiger partial charge in [0.25, 0.3) is 0 Å². The number of hydrogen-bond donors (Lipinski definition) is 2. The molecule has 1 atom stereocenters. The molecule has 1 aromatic rings. The first-order valence-corrected chi connectivity index (χ1v) is 6.06. The Labute approximate surface area is 112 Å². The lowest BCUT2D eigenvalue weighted by Gasteiger charge is -2.18. The van der Waals surface area contributed by atoms with E-state index in [0.717, 1.165) is 18.7 Å². The van der Waals surface area contributed by atoms with Crippen molar-refractivity contribution in [2.24, 2.45) is 0 Å². The molecule has 1 unspecified atom stereocenters. The first-order chi connectivity index (χ1) is 9.02. The van der Waals surface area contributed by atoms with Gasteiger partial charge in [-0.25, -0.2) is 0 Å². The second-order valence-electron chi connectivity index (χ2n) is 4.44. The number of rotatable bonds is 8. The number of hydrogen-bond acceptors (Lipinski definition) is 4. The van der Waals surface area contributed by atoms with Crippen LogP contribution in [0, 0.1) is 0 Å². The van der Waals surface area contributed by atoms with E-state index in [2.05, 4.69) is 10.1 Å². The average molecular weight is 274 g/mol. The lowest BCUT2D eigenvalue weighted by Crippen LogP contribution is -2.31. The van der Waals surface area contributed by atoms with Crippen LogP contribution in [0.2, 0.25) is 0 Å². The minimum Gasteiger partial charge on any atom is -0.435 e. The molecule has 6 heteroatoms. The number of benzene rings is 1. The molecule has 0 aliphatic carbocycles. The van der Waals surface area contributed by atoms with Crippen LogP contribution in [0.25, 0.3) is 0 Å². The Bertz CT molecular complexity index is 358. The van der Waals surface area contributed by atoms with E-state index >= 15 is 0 Å². The van der Waals surface area contributed by atoms with Crippen molar-refractivity contribution >= 4 is 0 Å². The molecule has 0 bridgehead atoms. The van der Waals surface area contributed by atoms with Crippen LogP contribution in [0.15, 0.2) is 24.3 Å². The van der Waals surface area contributed by atoms with Crippen molar-refractivity contribution in [2.45, 2.75) is 12.7 Å². The zero-order valence-electron chi connectivity index (χ0n) is 11.1. The lowest BCUT2D eigenvalue weighted by atomic mass is 10.1. The van der Waals surface area contributed by atoms with E-state index in [-0.39, 0.29) is 18.4 Å². The summed E-state index contributed by atoms with van der Waals surface area (Å²) in [6.07, 6.45) is 0. The third kappa shape index (κ3) is 5.96. The molecule has 0 aliphatic rings. The maximum atomic E-state index is 12.0. The molecule has 0 aliphatic heterocycles. The summed E-state index contributed by atoms with van der Waals surface area (Å²) < 4.78 is 28.3. The summed E-state index contributed by atoms with van der Waals surface area (Å²) in [6.45, 7) is -1.29. The molecule has 0 aromatic heterocycles. The number of halogens is 2. The van der Waals surface area contributed by atoms with E-state index in [9.17, 15) is 13.9 Å². The van der Waals surface area contributed by atoms with Gasteiger partial charge in [0.05, 0.1) is 12.6 Å². The van der Waals surface area contributed by atoms with Crippen LogP contribution >= 0.6 is 0 Å². The minimum absolute atomic E-state index is 0.0531. The average Bonchev–Trinajstić information content (AvgIpc) is 2.35. The molecule has 0 spiro atoms. The number of likely N-dealkylation sites (N-methyl/N-ethyl adjacent to an activating group) is 1.